The summed E-state index contributed by atoms with van der Waals surface area (Å²) in [7, 11) is 6.54. The zero-order valence-electron chi connectivity index (χ0n) is 12.1. The molecule has 0 bridgehead atoms. The molecule has 0 heterocycles. The topological polar surface area (TPSA) is 48.0 Å². The van der Waals surface area contributed by atoms with Crippen LogP contribution in [0, 0.1) is 6.92 Å². The zero-order chi connectivity index (χ0) is 14.4. The van der Waals surface area contributed by atoms with Gasteiger partial charge in [-0.05, 0) is 18.6 Å². The summed E-state index contributed by atoms with van der Waals surface area (Å²) in [4.78, 5) is 13.2. The van der Waals surface area contributed by atoms with Gasteiger partial charge in [-0.2, -0.15) is 0 Å². The number of methoxy groups -OCH3 is 3. The van der Waals surface area contributed by atoms with E-state index >= 15 is 0 Å². The Kier molecular flexibility index (Phi) is 5.48. The van der Waals surface area contributed by atoms with Crippen LogP contribution in [-0.4, -0.2) is 40.9 Å². The van der Waals surface area contributed by atoms with Crippen molar-refractivity contribution in [2.45, 2.75) is 13.3 Å². The van der Waals surface area contributed by atoms with Crippen LogP contribution in [0.25, 0.3) is 0 Å². The fourth-order valence-electron chi connectivity index (χ4n) is 1.95. The first-order valence-corrected chi connectivity index (χ1v) is 6.04. The summed E-state index contributed by atoms with van der Waals surface area (Å²) in [5.74, 6) is 1.25. The van der Waals surface area contributed by atoms with Crippen molar-refractivity contribution >= 4 is 11.7 Å². The van der Waals surface area contributed by atoms with Crippen LogP contribution in [-0.2, 0) is 9.53 Å². The molecule has 5 nitrogen and oxygen atoms in total. The van der Waals surface area contributed by atoms with Crippen LogP contribution in [0.2, 0.25) is 0 Å². The number of rotatable bonds is 6. The number of ether oxygens (including phenoxy) is 3. The van der Waals surface area contributed by atoms with E-state index in [2.05, 4.69) is 4.74 Å². The summed E-state index contributed by atoms with van der Waals surface area (Å²) in [5, 5.41) is 0. The van der Waals surface area contributed by atoms with Gasteiger partial charge in [0.15, 0.2) is 0 Å². The Balaban J connectivity index is 2.95. The highest BCUT2D eigenvalue weighted by Crippen LogP contribution is 2.35. The number of hydrogen-bond donors (Lipinski definition) is 0. The van der Waals surface area contributed by atoms with Crippen LogP contribution in [0.4, 0.5) is 5.69 Å². The van der Waals surface area contributed by atoms with Gasteiger partial charge in [-0.15, -0.1) is 0 Å². The summed E-state index contributed by atoms with van der Waals surface area (Å²) < 4.78 is 15.2. The fourth-order valence-corrected chi connectivity index (χ4v) is 1.95. The van der Waals surface area contributed by atoms with E-state index in [0.29, 0.717) is 13.0 Å². The van der Waals surface area contributed by atoms with Gasteiger partial charge in [0, 0.05) is 19.7 Å². The molecule has 0 aliphatic rings. The average Bonchev–Trinajstić information content (AvgIpc) is 2.42. The molecule has 0 unspecified atom stereocenters. The fraction of sp³-hybridized carbons (Fsp3) is 0.500. The van der Waals surface area contributed by atoms with Crippen molar-refractivity contribution in [1.29, 1.82) is 0 Å². The van der Waals surface area contributed by atoms with Crippen molar-refractivity contribution in [1.82, 2.24) is 0 Å². The van der Waals surface area contributed by atoms with Gasteiger partial charge < -0.3 is 19.1 Å². The lowest BCUT2D eigenvalue weighted by atomic mass is 10.1. The maximum absolute atomic E-state index is 11.2. The highest BCUT2D eigenvalue weighted by Gasteiger charge is 2.14. The molecule has 0 spiro atoms. The molecule has 0 aromatic heterocycles. The van der Waals surface area contributed by atoms with E-state index in [4.69, 9.17) is 9.47 Å². The molecule has 1 aromatic carbocycles. The Morgan fingerprint density at radius 2 is 1.89 bits per heavy atom. The highest BCUT2D eigenvalue weighted by molar-refractivity contribution is 5.71. The van der Waals surface area contributed by atoms with Crippen molar-refractivity contribution in [3.05, 3.63) is 17.7 Å². The molecule has 0 saturated carbocycles. The van der Waals surface area contributed by atoms with Gasteiger partial charge in [0.1, 0.15) is 11.5 Å². The first-order chi connectivity index (χ1) is 9.03. The number of benzene rings is 1. The maximum Gasteiger partial charge on any atom is 0.307 e. The molecule has 0 aliphatic carbocycles. The van der Waals surface area contributed by atoms with Gasteiger partial charge in [0.05, 0.1) is 33.4 Å². The van der Waals surface area contributed by atoms with Crippen molar-refractivity contribution in [2.75, 3.05) is 39.8 Å². The Morgan fingerprint density at radius 1 is 1.21 bits per heavy atom. The first kappa shape index (κ1) is 15.1. The van der Waals surface area contributed by atoms with Crippen LogP contribution in [0.15, 0.2) is 12.1 Å². The SMILES string of the molecule is COC(=O)CCN(C)c1c(C)cc(OC)cc1OC. The summed E-state index contributed by atoms with van der Waals surface area (Å²) >= 11 is 0. The van der Waals surface area contributed by atoms with Gasteiger partial charge >= 0.3 is 5.97 Å². The quantitative estimate of drug-likeness (QED) is 0.738. The molecular weight excluding hydrogens is 246 g/mol. The molecular formula is C14H21NO4. The number of aryl methyl sites for hydroxylation is 1. The molecule has 106 valence electrons. The summed E-state index contributed by atoms with van der Waals surface area (Å²) in [6.07, 6.45) is 0.335. The molecule has 0 radical (unpaired) electrons. The maximum atomic E-state index is 11.2. The third-order valence-corrected chi connectivity index (χ3v) is 2.96. The van der Waals surface area contributed by atoms with E-state index < -0.39 is 0 Å². The van der Waals surface area contributed by atoms with Crippen LogP contribution < -0.4 is 14.4 Å². The molecule has 0 aliphatic heterocycles. The van der Waals surface area contributed by atoms with Gasteiger partial charge in [-0.1, -0.05) is 0 Å². The van der Waals surface area contributed by atoms with E-state index in [1.807, 2.05) is 31.0 Å². The second-order valence-electron chi connectivity index (χ2n) is 4.24. The van der Waals surface area contributed by atoms with E-state index in [0.717, 1.165) is 22.7 Å². The third-order valence-electron chi connectivity index (χ3n) is 2.96. The van der Waals surface area contributed by atoms with E-state index in [1.54, 1.807) is 14.2 Å². The molecule has 0 amide bonds. The van der Waals surface area contributed by atoms with Crippen molar-refractivity contribution < 1.29 is 19.0 Å². The van der Waals surface area contributed by atoms with Crippen LogP contribution in [0.3, 0.4) is 0 Å². The Labute approximate surface area is 114 Å². The highest BCUT2D eigenvalue weighted by atomic mass is 16.5. The lowest BCUT2D eigenvalue weighted by Crippen LogP contribution is -2.23. The molecule has 5 heteroatoms. The third kappa shape index (κ3) is 3.77. The minimum atomic E-state index is -0.225. The lowest BCUT2D eigenvalue weighted by Gasteiger charge is -2.24. The largest absolute Gasteiger partial charge is 0.497 e. The van der Waals surface area contributed by atoms with Crippen molar-refractivity contribution in [3.63, 3.8) is 0 Å². The van der Waals surface area contributed by atoms with Crippen LogP contribution in [0.1, 0.15) is 12.0 Å². The molecule has 19 heavy (non-hydrogen) atoms. The van der Waals surface area contributed by atoms with Crippen molar-refractivity contribution in [2.24, 2.45) is 0 Å². The van der Waals surface area contributed by atoms with Gasteiger partial charge in [-0.3, -0.25) is 4.79 Å². The summed E-state index contributed by atoms with van der Waals surface area (Å²) in [5.41, 5.74) is 1.98. The van der Waals surface area contributed by atoms with Gasteiger partial charge in [0.2, 0.25) is 0 Å². The number of carbonyl (C=O) groups excluding carboxylic acids is 1. The number of esters is 1. The smallest absolute Gasteiger partial charge is 0.307 e. The molecule has 0 fully saturated rings. The summed E-state index contributed by atoms with van der Waals surface area (Å²) in [6.45, 7) is 2.55. The summed E-state index contributed by atoms with van der Waals surface area (Å²) in [6, 6.07) is 3.77. The second kappa shape index (κ2) is 6.87. The van der Waals surface area contributed by atoms with Gasteiger partial charge in [0.25, 0.3) is 0 Å². The number of hydrogen-bond acceptors (Lipinski definition) is 5. The lowest BCUT2D eigenvalue weighted by molar-refractivity contribution is -0.140. The number of carbonyl (C=O) groups is 1. The second-order valence-corrected chi connectivity index (χ2v) is 4.24. The first-order valence-electron chi connectivity index (χ1n) is 6.04. The average molecular weight is 267 g/mol. The Bertz CT molecular complexity index is 445. The normalized spacial score (nSPS) is 9.95. The molecule has 0 N–H and O–H groups in total. The monoisotopic (exact) mass is 267 g/mol. The minimum absolute atomic E-state index is 0.225. The van der Waals surface area contributed by atoms with Crippen molar-refractivity contribution in [3.8, 4) is 11.5 Å². The van der Waals surface area contributed by atoms with E-state index in [-0.39, 0.29) is 5.97 Å². The molecule has 1 aromatic rings. The van der Waals surface area contributed by atoms with E-state index in [1.165, 1.54) is 7.11 Å². The minimum Gasteiger partial charge on any atom is -0.497 e. The Morgan fingerprint density at radius 3 is 2.42 bits per heavy atom. The predicted octanol–water partition coefficient (Wildman–Crippen LogP) is 2.01. The number of nitrogens with zero attached hydrogens (tertiary/aromatic N) is 1. The van der Waals surface area contributed by atoms with Crippen LogP contribution in [0.5, 0.6) is 11.5 Å². The van der Waals surface area contributed by atoms with Crippen LogP contribution >= 0.6 is 0 Å². The van der Waals surface area contributed by atoms with E-state index in [9.17, 15) is 4.79 Å². The molecule has 0 saturated heterocycles. The molecule has 1 rings (SSSR count). The number of anilines is 1. The standard InChI is InChI=1S/C14H21NO4/c1-10-8-11(17-3)9-12(18-4)14(10)15(2)7-6-13(16)19-5/h8-9H,6-7H2,1-5H3. The van der Waals surface area contributed by atoms with Gasteiger partial charge in [-0.25, -0.2) is 0 Å². The molecule has 0 atom stereocenters. The Hall–Kier alpha value is -1.91. The predicted molar refractivity (Wildman–Crippen MR) is 74.2 cm³/mol. The zero-order valence-corrected chi connectivity index (χ0v) is 12.1.